The molecule has 2 aromatic rings. The highest BCUT2D eigenvalue weighted by Crippen LogP contribution is 2.14. The lowest BCUT2D eigenvalue weighted by molar-refractivity contribution is 0.0922. The molecule has 1 saturated heterocycles. The van der Waals surface area contributed by atoms with Crippen molar-refractivity contribution in [1.82, 2.24) is 15.6 Å². The zero-order chi connectivity index (χ0) is 16.1. The monoisotopic (exact) mass is 403 g/mol. The number of aliphatic hydroxyl groups is 1. The molecule has 0 bridgehead atoms. The third kappa shape index (κ3) is 6.24. The van der Waals surface area contributed by atoms with Crippen LogP contribution < -0.4 is 10.6 Å². The van der Waals surface area contributed by atoms with E-state index in [1.165, 1.54) is 16.9 Å². The number of aryl methyl sites for hydroxylation is 2. The van der Waals surface area contributed by atoms with E-state index in [4.69, 9.17) is 0 Å². The Morgan fingerprint density at radius 1 is 1.24 bits per heavy atom. The number of aliphatic hydroxyl groups excluding tert-OH is 1. The summed E-state index contributed by atoms with van der Waals surface area (Å²) < 4.78 is 0. The summed E-state index contributed by atoms with van der Waals surface area (Å²) in [5.74, 6) is -0.0820. The molecule has 0 spiro atoms. The predicted octanol–water partition coefficient (Wildman–Crippen LogP) is 2.08. The number of β-amino-alcohol motifs (C(OH)–C–C–N with tert-alkyl or cyclic N) is 1. The van der Waals surface area contributed by atoms with Crippen LogP contribution in [-0.2, 0) is 12.8 Å². The smallest absolute Gasteiger partial charge is 0.270 e. The quantitative estimate of drug-likeness (QED) is 0.689. The van der Waals surface area contributed by atoms with Crippen LogP contribution in [0.25, 0.3) is 0 Å². The van der Waals surface area contributed by atoms with Gasteiger partial charge >= 0.3 is 0 Å². The summed E-state index contributed by atoms with van der Waals surface area (Å²) in [6.07, 6.45) is 1.38. The third-order valence-electron chi connectivity index (χ3n) is 4.08. The van der Waals surface area contributed by atoms with E-state index in [-0.39, 0.29) is 42.7 Å². The maximum Gasteiger partial charge on any atom is 0.270 e. The van der Waals surface area contributed by atoms with Crippen LogP contribution in [0.3, 0.4) is 0 Å². The van der Waals surface area contributed by atoms with Crippen LogP contribution in [-0.4, -0.2) is 41.7 Å². The van der Waals surface area contributed by atoms with Crippen molar-refractivity contribution in [3.63, 3.8) is 0 Å². The van der Waals surface area contributed by atoms with Crippen molar-refractivity contribution in [2.75, 3.05) is 19.6 Å². The summed E-state index contributed by atoms with van der Waals surface area (Å²) >= 11 is 1.52. The highest BCUT2D eigenvalue weighted by atomic mass is 35.5. The second-order valence-electron chi connectivity index (χ2n) is 5.81. The minimum absolute atomic E-state index is 0. The van der Waals surface area contributed by atoms with Gasteiger partial charge in [-0.25, -0.2) is 4.98 Å². The van der Waals surface area contributed by atoms with Gasteiger partial charge in [0.15, 0.2) is 0 Å². The molecule has 1 aliphatic heterocycles. The molecule has 0 aliphatic carbocycles. The SMILES string of the molecule is Cl.Cl.O=C(NCC1CNCC1O)c1csc(CCc2ccccc2)n1. The van der Waals surface area contributed by atoms with Crippen LogP contribution in [0.15, 0.2) is 35.7 Å². The summed E-state index contributed by atoms with van der Waals surface area (Å²) in [6, 6.07) is 10.3. The van der Waals surface area contributed by atoms with E-state index in [1.54, 1.807) is 5.38 Å². The number of rotatable bonds is 6. The Labute approximate surface area is 164 Å². The number of hydrogen-bond donors (Lipinski definition) is 3. The van der Waals surface area contributed by atoms with Crippen LogP contribution in [0.4, 0.5) is 0 Å². The van der Waals surface area contributed by atoms with Gasteiger partial charge in [-0.2, -0.15) is 0 Å². The van der Waals surface area contributed by atoms with Crippen molar-refractivity contribution in [1.29, 1.82) is 0 Å². The molecule has 2 atom stereocenters. The molecule has 0 saturated carbocycles. The fraction of sp³-hybridized carbons (Fsp3) is 0.412. The maximum atomic E-state index is 12.1. The van der Waals surface area contributed by atoms with E-state index in [9.17, 15) is 9.90 Å². The molecule has 2 heterocycles. The first kappa shape index (κ1) is 21.9. The van der Waals surface area contributed by atoms with Crippen molar-refractivity contribution in [2.24, 2.45) is 5.92 Å². The number of amides is 1. The van der Waals surface area contributed by atoms with Gasteiger partial charge in [0.1, 0.15) is 5.69 Å². The van der Waals surface area contributed by atoms with Gasteiger partial charge in [-0.3, -0.25) is 4.79 Å². The molecule has 8 heteroatoms. The largest absolute Gasteiger partial charge is 0.391 e. The Morgan fingerprint density at radius 3 is 2.68 bits per heavy atom. The van der Waals surface area contributed by atoms with E-state index in [1.807, 2.05) is 18.2 Å². The number of carbonyl (C=O) groups is 1. The molecule has 1 amide bonds. The highest BCUT2D eigenvalue weighted by molar-refractivity contribution is 7.09. The Morgan fingerprint density at radius 2 is 2.00 bits per heavy atom. The van der Waals surface area contributed by atoms with Gasteiger partial charge in [0, 0.05) is 37.4 Å². The number of hydrogen-bond acceptors (Lipinski definition) is 5. The molecule has 1 aromatic carbocycles. The zero-order valence-corrected chi connectivity index (χ0v) is 16.1. The molecule has 1 aliphatic rings. The number of nitrogens with one attached hydrogen (secondary N) is 2. The topological polar surface area (TPSA) is 74.2 Å². The molecule has 3 rings (SSSR count). The first-order valence-corrected chi connectivity index (χ1v) is 8.75. The second kappa shape index (κ2) is 10.7. The number of nitrogens with zero attached hydrogens (tertiary/aromatic N) is 1. The molecule has 1 aromatic heterocycles. The van der Waals surface area contributed by atoms with Gasteiger partial charge in [-0.1, -0.05) is 30.3 Å². The van der Waals surface area contributed by atoms with Crippen LogP contribution in [0.5, 0.6) is 0 Å². The van der Waals surface area contributed by atoms with Crippen LogP contribution in [0, 0.1) is 5.92 Å². The van der Waals surface area contributed by atoms with E-state index in [2.05, 4.69) is 27.8 Å². The Hall–Kier alpha value is -1.18. The number of halogens is 2. The summed E-state index contributed by atoms with van der Waals surface area (Å²) in [7, 11) is 0. The summed E-state index contributed by atoms with van der Waals surface area (Å²) in [5.41, 5.74) is 1.75. The number of thiazole rings is 1. The summed E-state index contributed by atoms with van der Waals surface area (Å²) in [6.45, 7) is 1.81. The number of carbonyl (C=O) groups excluding carboxylic acids is 1. The molecule has 2 unspecified atom stereocenters. The molecular formula is C17H23Cl2N3O2S. The number of benzene rings is 1. The predicted molar refractivity (Wildman–Crippen MR) is 105 cm³/mol. The van der Waals surface area contributed by atoms with Gasteiger partial charge in [-0.15, -0.1) is 36.2 Å². The summed E-state index contributed by atoms with van der Waals surface area (Å²) in [4.78, 5) is 16.5. The maximum absolute atomic E-state index is 12.1. The van der Waals surface area contributed by atoms with E-state index in [0.717, 1.165) is 24.4 Å². The van der Waals surface area contributed by atoms with Crippen LogP contribution in [0.2, 0.25) is 0 Å². The molecule has 5 nitrogen and oxygen atoms in total. The van der Waals surface area contributed by atoms with Crippen molar-refractivity contribution < 1.29 is 9.90 Å². The average Bonchev–Trinajstić information content (AvgIpc) is 3.21. The Balaban J connectivity index is 0.00000156. The van der Waals surface area contributed by atoms with Crippen molar-refractivity contribution in [3.05, 3.63) is 52.0 Å². The molecular weight excluding hydrogens is 381 g/mol. The van der Waals surface area contributed by atoms with E-state index < -0.39 is 0 Å². The first-order chi connectivity index (χ1) is 11.2. The minimum Gasteiger partial charge on any atom is -0.391 e. The van der Waals surface area contributed by atoms with Crippen molar-refractivity contribution in [3.8, 4) is 0 Å². The lowest BCUT2D eigenvalue weighted by Gasteiger charge is -2.13. The lowest BCUT2D eigenvalue weighted by atomic mass is 10.1. The molecule has 3 N–H and O–H groups in total. The standard InChI is InChI=1S/C17H21N3O2S.2ClH/c21-15-10-18-8-13(15)9-19-17(22)14-11-23-16(20-14)7-6-12-4-2-1-3-5-12;;/h1-5,11,13,15,18,21H,6-10H2,(H,19,22);2*1H. The van der Waals surface area contributed by atoms with Gasteiger partial charge in [0.05, 0.1) is 11.1 Å². The van der Waals surface area contributed by atoms with E-state index >= 15 is 0 Å². The highest BCUT2D eigenvalue weighted by Gasteiger charge is 2.25. The molecule has 0 radical (unpaired) electrons. The fourth-order valence-electron chi connectivity index (χ4n) is 2.67. The Kier molecular flexibility index (Phi) is 9.38. The number of aromatic nitrogens is 1. The molecule has 1 fully saturated rings. The van der Waals surface area contributed by atoms with Crippen molar-refractivity contribution >= 4 is 42.1 Å². The van der Waals surface area contributed by atoms with E-state index in [0.29, 0.717) is 18.8 Å². The molecule has 25 heavy (non-hydrogen) atoms. The first-order valence-electron chi connectivity index (χ1n) is 7.87. The van der Waals surface area contributed by atoms with Gasteiger partial charge in [-0.05, 0) is 12.0 Å². The zero-order valence-electron chi connectivity index (χ0n) is 13.7. The third-order valence-corrected chi connectivity index (χ3v) is 4.99. The lowest BCUT2D eigenvalue weighted by Crippen LogP contribution is -2.34. The van der Waals surface area contributed by atoms with Crippen LogP contribution >= 0.6 is 36.2 Å². The van der Waals surface area contributed by atoms with Gasteiger partial charge < -0.3 is 15.7 Å². The van der Waals surface area contributed by atoms with Gasteiger partial charge in [0.25, 0.3) is 5.91 Å². The van der Waals surface area contributed by atoms with Crippen LogP contribution in [0.1, 0.15) is 21.1 Å². The average molecular weight is 404 g/mol. The van der Waals surface area contributed by atoms with Gasteiger partial charge in [0.2, 0.25) is 0 Å². The fourth-order valence-corrected chi connectivity index (χ4v) is 3.45. The van der Waals surface area contributed by atoms with Crippen molar-refractivity contribution in [2.45, 2.75) is 18.9 Å². The minimum atomic E-state index is -0.382. The summed E-state index contributed by atoms with van der Waals surface area (Å²) in [5, 5.41) is 18.5. The normalized spacial score (nSPS) is 18.9. The Bertz CT molecular complexity index is 654. The molecule has 138 valence electrons. The second-order valence-corrected chi connectivity index (χ2v) is 6.75.